The molecule has 3 saturated heterocycles. The highest BCUT2D eigenvalue weighted by atomic mass is 16.6. The maximum Gasteiger partial charge on any atom is 0.412 e. The van der Waals surface area contributed by atoms with Crippen LogP contribution in [0.2, 0.25) is 0 Å². The lowest BCUT2D eigenvalue weighted by molar-refractivity contribution is -0.142. The van der Waals surface area contributed by atoms with Crippen molar-refractivity contribution in [2.45, 2.75) is 44.6 Å². The van der Waals surface area contributed by atoms with E-state index in [0.717, 1.165) is 58.7 Å². The molecular formula is C23H34N4O4. The molecule has 4 rings (SSSR count). The van der Waals surface area contributed by atoms with Crippen molar-refractivity contribution in [1.82, 2.24) is 19.6 Å². The molecule has 2 unspecified atom stereocenters. The van der Waals surface area contributed by atoms with E-state index >= 15 is 0 Å². The summed E-state index contributed by atoms with van der Waals surface area (Å²) < 4.78 is 10.6. The average molecular weight is 431 g/mol. The Kier molecular flexibility index (Phi) is 7.09. The number of esters is 1. The van der Waals surface area contributed by atoms with Gasteiger partial charge >= 0.3 is 12.1 Å². The molecule has 0 N–H and O–H groups in total. The third-order valence-electron chi connectivity index (χ3n) is 6.83. The van der Waals surface area contributed by atoms with Gasteiger partial charge in [-0.15, -0.1) is 0 Å². The summed E-state index contributed by atoms with van der Waals surface area (Å²) in [4.78, 5) is 33.0. The van der Waals surface area contributed by atoms with Crippen LogP contribution in [0.5, 0.6) is 0 Å². The SMILES string of the molecule is COC(=O)CN1CCN(C2OC(=O)N(C3CCN(Cc4ccccc4)CC3)C2C)CC1. The minimum atomic E-state index is -0.213. The second-order valence-electron chi connectivity index (χ2n) is 8.80. The Balaban J connectivity index is 1.27. The average Bonchev–Trinajstić information content (AvgIpc) is 3.09. The normalized spacial score (nSPS) is 26.8. The molecule has 0 spiro atoms. The topological polar surface area (TPSA) is 65.6 Å². The number of rotatable bonds is 6. The molecule has 3 aliphatic rings. The first-order valence-corrected chi connectivity index (χ1v) is 11.3. The predicted octanol–water partition coefficient (Wildman–Crippen LogP) is 1.61. The maximum atomic E-state index is 12.8. The minimum absolute atomic E-state index is 0.0327. The maximum absolute atomic E-state index is 12.8. The molecule has 3 aliphatic heterocycles. The van der Waals surface area contributed by atoms with Crippen LogP contribution >= 0.6 is 0 Å². The lowest BCUT2D eigenvalue weighted by Crippen LogP contribution is -2.55. The van der Waals surface area contributed by atoms with Gasteiger partial charge in [0.15, 0.2) is 6.23 Å². The van der Waals surface area contributed by atoms with E-state index in [4.69, 9.17) is 9.47 Å². The van der Waals surface area contributed by atoms with Crippen molar-refractivity contribution in [2.75, 3.05) is 52.9 Å². The molecule has 1 amide bonds. The standard InChI is InChI=1S/C23H34N4O4/c1-18-22(26-14-12-25(13-15-26)17-21(28)30-2)31-23(29)27(18)20-8-10-24(11-9-20)16-19-6-4-3-5-7-19/h3-7,18,20,22H,8-17H2,1-2H3. The molecule has 1 aromatic carbocycles. The Bertz CT molecular complexity index is 745. The molecule has 3 heterocycles. The first-order valence-electron chi connectivity index (χ1n) is 11.3. The molecular weight excluding hydrogens is 396 g/mol. The summed E-state index contributed by atoms with van der Waals surface area (Å²) in [6.07, 6.45) is 1.56. The second-order valence-corrected chi connectivity index (χ2v) is 8.80. The molecule has 0 radical (unpaired) electrons. The van der Waals surface area contributed by atoms with Gasteiger partial charge in [-0.3, -0.25) is 24.4 Å². The van der Waals surface area contributed by atoms with Crippen LogP contribution in [-0.4, -0.2) is 103 Å². The molecule has 2 atom stereocenters. The zero-order chi connectivity index (χ0) is 21.8. The molecule has 8 nitrogen and oxygen atoms in total. The van der Waals surface area contributed by atoms with E-state index in [1.807, 2.05) is 11.0 Å². The highest BCUT2D eigenvalue weighted by Gasteiger charge is 2.46. The van der Waals surface area contributed by atoms with E-state index < -0.39 is 0 Å². The molecule has 1 aromatic rings. The molecule has 3 fully saturated rings. The first-order chi connectivity index (χ1) is 15.0. The van der Waals surface area contributed by atoms with Crippen LogP contribution in [0.4, 0.5) is 4.79 Å². The van der Waals surface area contributed by atoms with Crippen molar-refractivity contribution < 1.29 is 19.1 Å². The van der Waals surface area contributed by atoms with Gasteiger partial charge < -0.3 is 9.47 Å². The number of ether oxygens (including phenoxy) is 2. The molecule has 8 heteroatoms. The quantitative estimate of drug-likeness (QED) is 0.635. The van der Waals surface area contributed by atoms with E-state index in [0.29, 0.717) is 6.54 Å². The van der Waals surface area contributed by atoms with Crippen molar-refractivity contribution in [2.24, 2.45) is 0 Å². The van der Waals surface area contributed by atoms with Gasteiger partial charge in [-0.2, -0.15) is 0 Å². The lowest BCUT2D eigenvalue weighted by Gasteiger charge is -2.40. The number of hydrogen-bond acceptors (Lipinski definition) is 7. The fraction of sp³-hybridized carbons (Fsp3) is 0.652. The summed E-state index contributed by atoms with van der Waals surface area (Å²) in [5, 5.41) is 0. The number of nitrogens with zero attached hydrogens (tertiary/aromatic N) is 4. The van der Waals surface area contributed by atoms with E-state index in [1.54, 1.807) is 0 Å². The van der Waals surface area contributed by atoms with Crippen LogP contribution in [0.15, 0.2) is 30.3 Å². The number of hydrogen-bond donors (Lipinski definition) is 0. The Morgan fingerprint density at radius 2 is 1.71 bits per heavy atom. The Hall–Kier alpha value is -2.16. The third kappa shape index (κ3) is 5.19. The Labute approximate surface area is 184 Å². The van der Waals surface area contributed by atoms with Gasteiger partial charge in [0.05, 0.1) is 19.7 Å². The van der Waals surface area contributed by atoms with Gasteiger partial charge in [0.25, 0.3) is 0 Å². The zero-order valence-electron chi connectivity index (χ0n) is 18.6. The number of carbonyl (C=O) groups excluding carboxylic acids is 2. The molecule has 0 bridgehead atoms. The van der Waals surface area contributed by atoms with Gasteiger partial charge in [0, 0.05) is 51.9 Å². The third-order valence-corrected chi connectivity index (χ3v) is 6.83. The summed E-state index contributed by atoms with van der Waals surface area (Å²) in [6, 6.07) is 10.8. The minimum Gasteiger partial charge on any atom is -0.468 e. The fourth-order valence-electron chi connectivity index (χ4n) is 5.05. The molecule has 31 heavy (non-hydrogen) atoms. The smallest absolute Gasteiger partial charge is 0.412 e. The number of piperazine rings is 1. The van der Waals surface area contributed by atoms with E-state index in [2.05, 4.69) is 45.9 Å². The van der Waals surface area contributed by atoms with Crippen LogP contribution in [0.3, 0.4) is 0 Å². The first kappa shape index (κ1) is 22.0. The summed E-state index contributed by atoms with van der Waals surface area (Å²) in [5.74, 6) is -0.209. The van der Waals surface area contributed by atoms with Crippen LogP contribution in [0.1, 0.15) is 25.3 Å². The Morgan fingerprint density at radius 3 is 2.35 bits per heavy atom. The number of cyclic esters (lactones) is 1. The van der Waals surface area contributed by atoms with Gasteiger partial charge in [-0.25, -0.2) is 4.79 Å². The van der Waals surface area contributed by atoms with Crippen molar-refractivity contribution >= 4 is 12.1 Å². The monoisotopic (exact) mass is 430 g/mol. The highest BCUT2D eigenvalue weighted by molar-refractivity contribution is 5.71. The number of methoxy groups -OCH3 is 1. The summed E-state index contributed by atoms with van der Waals surface area (Å²) in [7, 11) is 1.42. The van der Waals surface area contributed by atoms with Crippen molar-refractivity contribution in [3.63, 3.8) is 0 Å². The van der Waals surface area contributed by atoms with Crippen LogP contribution in [-0.2, 0) is 20.8 Å². The van der Waals surface area contributed by atoms with Crippen LogP contribution < -0.4 is 0 Å². The van der Waals surface area contributed by atoms with E-state index in [9.17, 15) is 9.59 Å². The zero-order valence-corrected chi connectivity index (χ0v) is 18.6. The number of amides is 1. The van der Waals surface area contributed by atoms with E-state index in [-0.39, 0.29) is 30.4 Å². The Morgan fingerprint density at radius 1 is 1.03 bits per heavy atom. The number of piperidine rings is 1. The molecule has 0 aliphatic carbocycles. The van der Waals surface area contributed by atoms with Gasteiger partial charge in [-0.05, 0) is 25.3 Å². The summed E-state index contributed by atoms with van der Waals surface area (Å²) >= 11 is 0. The number of carbonyl (C=O) groups is 2. The lowest BCUT2D eigenvalue weighted by atomic mass is 10.0. The van der Waals surface area contributed by atoms with Gasteiger partial charge in [0.1, 0.15) is 0 Å². The molecule has 170 valence electrons. The number of benzene rings is 1. The van der Waals surface area contributed by atoms with E-state index in [1.165, 1.54) is 12.7 Å². The van der Waals surface area contributed by atoms with Crippen LogP contribution in [0, 0.1) is 0 Å². The molecule has 0 saturated carbocycles. The highest BCUT2D eigenvalue weighted by Crippen LogP contribution is 2.29. The second kappa shape index (κ2) is 9.97. The summed E-state index contributed by atoms with van der Waals surface area (Å²) in [6.45, 7) is 8.48. The van der Waals surface area contributed by atoms with Gasteiger partial charge in [0.2, 0.25) is 0 Å². The fourth-order valence-corrected chi connectivity index (χ4v) is 5.05. The van der Waals surface area contributed by atoms with Crippen molar-refractivity contribution in [1.29, 1.82) is 0 Å². The predicted molar refractivity (Wildman–Crippen MR) is 116 cm³/mol. The van der Waals surface area contributed by atoms with Crippen LogP contribution in [0.25, 0.3) is 0 Å². The molecule has 0 aromatic heterocycles. The van der Waals surface area contributed by atoms with Crippen molar-refractivity contribution in [3.8, 4) is 0 Å². The largest absolute Gasteiger partial charge is 0.468 e. The van der Waals surface area contributed by atoms with Gasteiger partial charge in [-0.1, -0.05) is 30.3 Å². The number of likely N-dealkylation sites (tertiary alicyclic amines) is 1. The van der Waals surface area contributed by atoms with Crippen molar-refractivity contribution in [3.05, 3.63) is 35.9 Å². The summed E-state index contributed by atoms with van der Waals surface area (Å²) in [5.41, 5.74) is 1.33.